The van der Waals surface area contributed by atoms with Crippen LogP contribution in [-0.4, -0.2) is 6.04 Å². The molecule has 0 aliphatic carbocycles. The van der Waals surface area contributed by atoms with Gasteiger partial charge >= 0.3 is 0 Å². The van der Waals surface area contributed by atoms with Gasteiger partial charge in [0.1, 0.15) is 0 Å². The lowest BCUT2D eigenvalue weighted by Crippen LogP contribution is -2.21. The lowest BCUT2D eigenvalue weighted by Gasteiger charge is -2.13. The minimum absolute atomic E-state index is 0.477. The lowest BCUT2D eigenvalue weighted by molar-refractivity contribution is 0.589. The van der Waals surface area contributed by atoms with Crippen molar-refractivity contribution in [3.8, 4) is 11.1 Å². The molecule has 0 atom stereocenters. The van der Waals surface area contributed by atoms with Crippen molar-refractivity contribution in [1.82, 2.24) is 5.32 Å². The van der Waals surface area contributed by atoms with E-state index in [2.05, 4.69) is 70.3 Å². The Kier molecular flexibility index (Phi) is 5.08. The van der Waals surface area contributed by atoms with Crippen molar-refractivity contribution in [2.24, 2.45) is 0 Å². The molecule has 0 bridgehead atoms. The summed E-state index contributed by atoms with van der Waals surface area (Å²) in [5, 5.41) is 4.24. The molecule has 2 heteroatoms. The van der Waals surface area contributed by atoms with E-state index in [0.29, 0.717) is 6.04 Å². The summed E-state index contributed by atoms with van der Waals surface area (Å²) in [4.78, 5) is 0. The molecule has 21 heavy (non-hydrogen) atoms. The second-order valence-corrected chi connectivity index (χ2v) is 6.51. The van der Waals surface area contributed by atoms with Crippen LogP contribution in [-0.2, 0) is 6.54 Å². The maximum atomic E-state index is 6.52. The van der Waals surface area contributed by atoms with Crippen molar-refractivity contribution < 1.29 is 0 Å². The molecule has 112 valence electrons. The summed E-state index contributed by atoms with van der Waals surface area (Å²) in [5.41, 5.74) is 7.46. The topological polar surface area (TPSA) is 12.0 Å². The second-order valence-electron chi connectivity index (χ2n) is 6.10. The van der Waals surface area contributed by atoms with Crippen LogP contribution in [0.1, 0.15) is 36.1 Å². The fourth-order valence-corrected chi connectivity index (χ4v) is 2.76. The van der Waals surface area contributed by atoms with Crippen molar-refractivity contribution in [2.75, 3.05) is 0 Å². The highest BCUT2D eigenvalue weighted by atomic mass is 35.5. The normalized spacial score (nSPS) is 11.2. The molecule has 0 saturated heterocycles. The maximum absolute atomic E-state index is 6.52. The number of halogens is 1. The van der Waals surface area contributed by atoms with Crippen LogP contribution in [0.3, 0.4) is 0 Å². The summed E-state index contributed by atoms with van der Waals surface area (Å²) in [6, 6.07) is 11.3. The molecule has 0 heterocycles. The Labute approximate surface area is 133 Å². The second kappa shape index (κ2) is 6.64. The molecule has 0 saturated carbocycles. The first kappa shape index (κ1) is 16.1. The Bertz CT molecular complexity index is 644. The smallest absolute Gasteiger partial charge is 0.0487 e. The zero-order valence-corrected chi connectivity index (χ0v) is 14.3. The first-order valence-corrected chi connectivity index (χ1v) is 7.86. The third kappa shape index (κ3) is 3.87. The van der Waals surface area contributed by atoms with Crippen molar-refractivity contribution in [1.29, 1.82) is 0 Å². The van der Waals surface area contributed by atoms with Gasteiger partial charge in [-0.2, -0.15) is 0 Å². The van der Waals surface area contributed by atoms with E-state index in [9.17, 15) is 0 Å². The van der Waals surface area contributed by atoms with Crippen molar-refractivity contribution >= 4 is 11.6 Å². The standard InChI is InChI=1S/C19H24ClN/c1-12(2)21-11-16-6-7-17(19(20)10-16)18-9-14(4)13(3)8-15(18)5/h6-10,12,21H,11H2,1-5H3. The Morgan fingerprint density at radius 1 is 0.905 bits per heavy atom. The fourth-order valence-electron chi connectivity index (χ4n) is 2.46. The molecule has 0 amide bonds. The maximum Gasteiger partial charge on any atom is 0.0487 e. The Morgan fingerprint density at radius 2 is 1.57 bits per heavy atom. The minimum atomic E-state index is 0.477. The molecule has 1 N–H and O–H groups in total. The van der Waals surface area contributed by atoms with Gasteiger partial charge in [-0.1, -0.05) is 49.7 Å². The first-order chi connectivity index (χ1) is 9.88. The Balaban J connectivity index is 2.35. The molecule has 2 aromatic carbocycles. The lowest BCUT2D eigenvalue weighted by atomic mass is 9.95. The summed E-state index contributed by atoms with van der Waals surface area (Å²) in [5.74, 6) is 0. The van der Waals surface area contributed by atoms with Crippen molar-refractivity contribution in [2.45, 2.75) is 47.2 Å². The highest BCUT2D eigenvalue weighted by Crippen LogP contribution is 2.32. The molecular formula is C19H24ClN. The monoisotopic (exact) mass is 301 g/mol. The molecule has 2 rings (SSSR count). The van der Waals surface area contributed by atoms with Crippen LogP contribution in [0.15, 0.2) is 30.3 Å². The van der Waals surface area contributed by atoms with Crippen LogP contribution in [0.2, 0.25) is 5.02 Å². The zero-order valence-electron chi connectivity index (χ0n) is 13.5. The van der Waals surface area contributed by atoms with Crippen LogP contribution < -0.4 is 5.32 Å². The predicted molar refractivity (Wildman–Crippen MR) is 93.1 cm³/mol. The molecule has 0 aliphatic rings. The van der Waals surface area contributed by atoms with Gasteiger partial charge in [-0.25, -0.2) is 0 Å². The average Bonchev–Trinajstić information content (AvgIpc) is 2.41. The van der Waals surface area contributed by atoms with E-state index in [1.807, 2.05) is 0 Å². The average molecular weight is 302 g/mol. The van der Waals surface area contributed by atoms with Gasteiger partial charge in [-0.3, -0.25) is 0 Å². The molecular weight excluding hydrogens is 278 g/mol. The largest absolute Gasteiger partial charge is 0.310 e. The van der Waals surface area contributed by atoms with E-state index in [1.54, 1.807) is 0 Å². The highest BCUT2D eigenvalue weighted by Gasteiger charge is 2.09. The van der Waals surface area contributed by atoms with E-state index >= 15 is 0 Å². The van der Waals surface area contributed by atoms with E-state index in [0.717, 1.165) is 17.1 Å². The Morgan fingerprint density at radius 3 is 2.19 bits per heavy atom. The van der Waals surface area contributed by atoms with E-state index < -0.39 is 0 Å². The van der Waals surface area contributed by atoms with Crippen molar-refractivity contribution in [3.63, 3.8) is 0 Å². The number of hydrogen-bond donors (Lipinski definition) is 1. The third-order valence-corrected chi connectivity index (χ3v) is 4.19. The van der Waals surface area contributed by atoms with Gasteiger partial charge in [0.15, 0.2) is 0 Å². The van der Waals surface area contributed by atoms with Crippen molar-refractivity contribution in [3.05, 3.63) is 57.6 Å². The molecule has 0 spiro atoms. The highest BCUT2D eigenvalue weighted by molar-refractivity contribution is 6.33. The predicted octanol–water partition coefficient (Wildman–Crippen LogP) is 5.43. The molecule has 0 fully saturated rings. The third-order valence-electron chi connectivity index (χ3n) is 3.88. The number of aryl methyl sites for hydroxylation is 3. The zero-order chi connectivity index (χ0) is 15.6. The summed E-state index contributed by atoms with van der Waals surface area (Å²) in [6.07, 6.45) is 0. The van der Waals surface area contributed by atoms with Gasteiger partial charge in [0, 0.05) is 23.2 Å². The number of nitrogens with one attached hydrogen (secondary N) is 1. The van der Waals surface area contributed by atoms with E-state index in [4.69, 9.17) is 11.6 Å². The quantitative estimate of drug-likeness (QED) is 0.794. The van der Waals surface area contributed by atoms with E-state index in [1.165, 1.54) is 27.8 Å². The number of benzene rings is 2. The number of hydrogen-bond acceptors (Lipinski definition) is 1. The summed E-state index contributed by atoms with van der Waals surface area (Å²) >= 11 is 6.52. The SMILES string of the molecule is Cc1cc(C)c(-c2ccc(CNC(C)C)cc2Cl)cc1C. The summed E-state index contributed by atoms with van der Waals surface area (Å²) in [6.45, 7) is 11.6. The van der Waals surface area contributed by atoms with E-state index in [-0.39, 0.29) is 0 Å². The van der Waals surface area contributed by atoms with Crippen LogP contribution in [0.5, 0.6) is 0 Å². The van der Waals surface area contributed by atoms with Gasteiger partial charge in [0.25, 0.3) is 0 Å². The van der Waals surface area contributed by atoms with Crippen LogP contribution in [0.25, 0.3) is 11.1 Å². The van der Waals surface area contributed by atoms with Gasteiger partial charge in [0.05, 0.1) is 0 Å². The first-order valence-electron chi connectivity index (χ1n) is 7.48. The minimum Gasteiger partial charge on any atom is -0.310 e. The fraction of sp³-hybridized carbons (Fsp3) is 0.368. The van der Waals surface area contributed by atoms with Gasteiger partial charge in [-0.05, 0) is 54.7 Å². The molecule has 0 aliphatic heterocycles. The summed E-state index contributed by atoms with van der Waals surface area (Å²) in [7, 11) is 0. The molecule has 0 radical (unpaired) electrons. The molecule has 0 aromatic heterocycles. The van der Waals surface area contributed by atoms with Gasteiger partial charge in [0.2, 0.25) is 0 Å². The molecule has 0 unspecified atom stereocenters. The molecule has 1 nitrogen and oxygen atoms in total. The van der Waals surface area contributed by atoms with Crippen LogP contribution in [0.4, 0.5) is 0 Å². The summed E-state index contributed by atoms with van der Waals surface area (Å²) < 4.78 is 0. The Hall–Kier alpha value is -1.31. The molecule has 2 aromatic rings. The number of rotatable bonds is 4. The van der Waals surface area contributed by atoms with Crippen LogP contribution >= 0.6 is 11.6 Å². The van der Waals surface area contributed by atoms with Crippen LogP contribution in [0, 0.1) is 20.8 Å². The van der Waals surface area contributed by atoms with Gasteiger partial charge in [-0.15, -0.1) is 0 Å². The van der Waals surface area contributed by atoms with Gasteiger partial charge < -0.3 is 5.32 Å².